The Balaban J connectivity index is 2.04. The van der Waals surface area contributed by atoms with Gasteiger partial charge in [0.25, 0.3) is 10.0 Å². The van der Waals surface area contributed by atoms with Crippen LogP contribution in [-0.2, 0) is 16.6 Å². The van der Waals surface area contributed by atoms with Gasteiger partial charge in [-0.2, -0.15) is 5.10 Å². The number of likely N-dealkylation sites (tertiary alicyclic amines) is 1. The van der Waals surface area contributed by atoms with E-state index < -0.39 is 10.0 Å². The normalized spacial score (nSPS) is 20.8. The first kappa shape index (κ1) is 16.5. The Morgan fingerprint density at radius 3 is 2.81 bits per heavy atom. The van der Waals surface area contributed by atoms with Crippen LogP contribution in [-0.4, -0.2) is 48.8 Å². The van der Waals surface area contributed by atoms with Crippen LogP contribution in [0.3, 0.4) is 0 Å². The molecule has 0 amide bonds. The van der Waals surface area contributed by atoms with E-state index in [2.05, 4.69) is 21.6 Å². The van der Waals surface area contributed by atoms with E-state index in [-0.39, 0.29) is 11.1 Å². The average molecular weight is 314 g/mol. The monoisotopic (exact) mass is 314 g/mol. The van der Waals surface area contributed by atoms with Gasteiger partial charge in [-0.05, 0) is 44.8 Å². The molecule has 21 heavy (non-hydrogen) atoms. The number of piperidine rings is 1. The SMILES string of the molecule is CCCN1CCCC(NS(=O)(=O)c2ccnn2CCC)C1. The molecule has 0 spiro atoms. The zero-order valence-electron chi connectivity index (χ0n) is 13.0. The molecule has 1 N–H and O–H groups in total. The van der Waals surface area contributed by atoms with Crippen LogP contribution in [0.5, 0.6) is 0 Å². The lowest BCUT2D eigenvalue weighted by Crippen LogP contribution is -2.48. The number of nitrogens with zero attached hydrogens (tertiary/aromatic N) is 3. The molecule has 1 aromatic heterocycles. The second-order valence-corrected chi connectivity index (χ2v) is 7.31. The van der Waals surface area contributed by atoms with E-state index in [1.807, 2.05) is 6.92 Å². The second kappa shape index (κ2) is 7.38. The third kappa shape index (κ3) is 4.28. The highest BCUT2D eigenvalue weighted by molar-refractivity contribution is 7.89. The van der Waals surface area contributed by atoms with E-state index >= 15 is 0 Å². The molecule has 1 fully saturated rings. The molecule has 0 bridgehead atoms. The summed E-state index contributed by atoms with van der Waals surface area (Å²) in [5.41, 5.74) is 0. The van der Waals surface area contributed by atoms with E-state index in [4.69, 9.17) is 0 Å². The van der Waals surface area contributed by atoms with E-state index in [1.165, 1.54) is 0 Å². The molecule has 1 aliphatic heterocycles. The maximum Gasteiger partial charge on any atom is 0.258 e. The zero-order valence-corrected chi connectivity index (χ0v) is 13.8. The molecule has 1 aliphatic rings. The summed E-state index contributed by atoms with van der Waals surface area (Å²) in [5, 5.41) is 4.37. The fraction of sp³-hybridized carbons (Fsp3) is 0.786. The summed E-state index contributed by atoms with van der Waals surface area (Å²) in [5.74, 6) is 0. The maximum atomic E-state index is 12.5. The Morgan fingerprint density at radius 1 is 1.33 bits per heavy atom. The molecule has 1 unspecified atom stereocenters. The molecule has 0 radical (unpaired) electrons. The van der Waals surface area contributed by atoms with Crippen LogP contribution in [0.2, 0.25) is 0 Å². The first-order valence-electron chi connectivity index (χ1n) is 7.83. The predicted octanol–water partition coefficient (Wildman–Crippen LogP) is 1.45. The van der Waals surface area contributed by atoms with E-state index in [9.17, 15) is 8.42 Å². The summed E-state index contributed by atoms with van der Waals surface area (Å²) in [6.07, 6.45) is 5.46. The molecule has 0 aromatic carbocycles. The number of sulfonamides is 1. The quantitative estimate of drug-likeness (QED) is 0.827. The summed E-state index contributed by atoms with van der Waals surface area (Å²) in [4.78, 5) is 2.33. The van der Waals surface area contributed by atoms with Crippen molar-refractivity contribution in [3.63, 3.8) is 0 Å². The Labute approximate surface area is 127 Å². The first-order chi connectivity index (χ1) is 10.1. The molecule has 1 aromatic rings. The predicted molar refractivity (Wildman–Crippen MR) is 82.6 cm³/mol. The Bertz CT molecular complexity index is 539. The van der Waals surface area contributed by atoms with E-state index in [0.717, 1.165) is 45.3 Å². The largest absolute Gasteiger partial charge is 0.302 e. The van der Waals surface area contributed by atoms with E-state index in [0.29, 0.717) is 6.54 Å². The van der Waals surface area contributed by atoms with Gasteiger partial charge < -0.3 is 4.90 Å². The van der Waals surface area contributed by atoms with Gasteiger partial charge in [0.1, 0.15) is 0 Å². The van der Waals surface area contributed by atoms with Crippen LogP contribution in [0, 0.1) is 0 Å². The molecule has 6 nitrogen and oxygen atoms in total. The van der Waals surface area contributed by atoms with Crippen molar-refractivity contribution in [1.29, 1.82) is 0 Å². The number of rotatable bonds is 7. The van der Waals surface area contributed by atoms with Gasteiger partial charge in [-0.1, -0.05) is 13.8 Å². The molecule has 1 saturated heterocycles. The van der Waals surface area contributed by atoms with Crippen LogP contribution in [0.4, 0.5) is 0 Å². The molecule has 120 valence electrons. The van der Waals surface area contributed by atoms with Crippen molar-refractivity contribution < 1.29 is 8.42 Å². The first-order valence-corrected chi connectivity index (χ1v) is 9.31. The van der Waals surface area contributed by atoms with Crippen molar-refractivity contribution in [1.82, 2.24) is 19.4 Å². The van der Waals surface area contributed by atoms with Gasteiger partial charge in [0.15, 0.2) is 5.03 Å². The lowest BCUT2D eigenvalue weighted by atomic mass is 10.1. The van der Waals surface area contributed by atoms with Crippen molar-refractivity contribution in [2.75, 3.05) is 19.6 Å². The molecule has 0 saturated carbocycles. The number of hydrogen-bond acceptors (Lipinski definition) is 4. The van der Waals surface area contributed by atoms with Crippen molar-refractivity contribution in [3.8, 4) is 0 Å². The third-order valence-corrected chi connectivity index (χ3v) is 5.30. The fourth-order valence-electron chi connectivity index (χ4n) is 2.88. The van der Waals surface area contributed by atoms with Gasteiger partial charge in [-0.25, -0.2) is 13.1 Å². The lowest BCUT2D eigenvalue weighted by Gasteiger charge is -2.32. The van der Waals surface area contributed by atoms with Crippen LogP contribution in [0.25, 0.3) is 0 Å². The van der Waals surface area contributed by atoms with Crippen molar-refractivity contribution in [3.05, 3.63) is 12.3 Å². The minimum Gasteiger partial charge on any atom is -0.302 e. The maximum absolute atomic E-state index is 12.5. The van der Waals surface area contributed by atoms with Gasteiger partial charge in [-0.15, -0.1) is 0 Å². The number of aryl methyl sites for hydroxylation is 1. The number of aromatic nitrogens is 2. The summed E-state index contributed by atoms with van der Waals surface area (Å²) in [6, 6.07) is 1.57. The van der Waals surface area contributed by atoms with Gasteiger partial charge in [-0.3, -0.25) is 4.68 Å². The van der Waals surface area contributed by atoms with Crippen LogP contribution in [0.15, 0.2) is 17.3 Å². The van der Waals surface area contributed by atoms with Crippen LogP contribution < -0.4 is 4.72 Å². The highest BCUT2D eigenvalue weighted by Crippen LogP contribution is 2.15. The zero-order chi connectivity index (χ0) is 15.3. The van der Waals surface area contributed by atoms with Crippen molar-refractivity contribution in [2.24, 2.45) is 0 Å². The molecule has 2 rings (SSSR count). The average Bonchev–Trinajstić information content (AvgIpc) is 2.89. The van der Waals surface area contributed by atoms with Crippen molar-refractivity contribution >= 4 is 10.0 Å². The third-order valence-electron chi connectivity index (χ3n) is 3.76. The van der Waals surface area contributed by atoms with Crippen molar-refractivity contribution in [2.45, 2.75) is 57.1 Å². The summed E-state index contributed by atoms with van der Waals surface area (Å²) in [6.45, 7) is 7.68. The molecule has 1 atom stereocenters. The van der Waals surface area contributed by atoms with Gasteiger partial charge in [0.05, 0.1) is 6.20 Å². The summed E-state index contributed by atoms with van der Waals surface area (Å²) in [7, 11) is -3.48. The van der Waals surface area contributed by atoms with Gasteiger partial charge >= 0.3 is 0 Å². The fourth-order valence-corrected chi connectivity index (χ4v) is 4.29. The van der Waals surface area contributed by atoms with E-state index in [1.54, 1.807) is 16.9 Å². The lowest BCUT2D eigenvalue weighted by molar-refractivity contribution is 0.202. The summed E-state index contributed by atoms with van der Waals surface area (Å²) >= 11 is 0. The van der Waals surface area contributed by atoms with Crippen LogP contribution >= 0.6 is 0 Å². The number of nitrogens with one attached hydrogen (secondary N) is 1. The molecular weight excluding hydrogens is 288 g/mol. The highest BCUT2D eigenvalue weighted by Gasteiger charge is 2.26. The smallest absolute Gasteiger partial charge is 0.258 e. The molecular formula is C14H26N4O2S. The van der Waals surface area contributed by atoms with Gasteiger partial charge in [0, 0.05) is 19.1 Å². The highest BCUT2D eigenvalue weighted by atomic mass is 32.2. The molecule has 7 heteroatoms. The standard InChI is InChI=1S/C14H26N4O2S/c1-3-9-17-11-5-6-13(12-17)16-21(19,20)14-7-8-15-18(14)10-4-2/h7-8,13,16H,3-6,9-12H2,1-2H3. The Kier molecular flexibility index (Phi) is 5.78. The minimum absolute atomic E-state index is 0.000256. The topological polar surface area (TPSA) is 67.2 Å². The summed E-state index contributed by atoms with van der Waals surface area (Å²) < 4.78 is 29.5. The van der Waals surface area contributed by atoms with Gasteiger partial charge in [0.2, 0.25) is 0 Å². The Morgan fingerprint density at radius 2 is 2.10 bits per heavy atom. The Hall–Kier alpha value is -0.920. The van der Waals surface area contributed by atoms with Crippen LogP contribution in [0.1, 0.15) is 39.5 Å². The second-order valence-electron chi connectivity index (χ2n) is 5.65. The molecule has 0 aliphatic carbocycles. The molecule has 2 heterocycles. The number of hydrogen-bond donors (Lipinski definition) is 1. The minimum atomic E-state index is -3.48.